The first-order valence-electron chi connectivity index (χ1n) is 7.40. The molecule has 0 spiro atoms. The molecule has 6 heteroatoms. The van der Waals surface area contributed by atoms with Gasteiger partial charge in [0.2, 0.25) is 0 Å². The number of rotatable bonds is 4. The number of hydrogen-bond acceptors (Lipinski definition) is 3. The third-order valence-electron chi connectivity index (χ3n) is 3.07. The Kier molecular flexibility index (Phi) is 7.18. The van der Waals surface area contributed by atoms with Gasteiger partial charge in [0, 0.05) is 0 Å². The molecule has 0 saturated carbocycles. The average Bonchev–Trinajstić information content (AvgIpc) is 2.65. The molecule has 0 unspecified atom stereocenters. The Balaban J connectivity index is 0.000000326. The van der Waals surface area contributed by atoms with E-state index in [1.165, 1.54) is 14.7 Å². The molecule has 130 valence electrons. The molecule has 0 N–H and O–H groups in total. The first-order chi connectivity index (χ1) is 12.0. The van der Waals surface area contributed by atoms with Crippen molar-refractivity contribution in [1.82, 2.24) is 0 Å². The minimum Gasteiger partial charge on any atom is -0.746 e. The highest BCUT2D eigenvalue weighted by atomic mass is 32.2. The maximum Gasteiger partial charge on any atom is 0.179 e. The largest absolute Gasteiger partial charge is 0.746 e. The van der Waals surface area contributed by atoms with Crippen molar-refractivity contribution in [2.24, 2.45) is 0 Å². The average molecular weight is 376 g/mol. The van der Waals surface area contributed by atoms with E-state index in [2.05, 4.69) is 91.0 Å². The third-order valence-corrected chi connectivity index (χ3v) is 5.57. The quantitative estimate of drug-likeness (QED) is 0.505. The molecule has 3 nitrogen and oxygen atoms in total. The van der Waals surface area contributed by atoms with E-state index < -0.39 is 16.1 Å². The van der Waals surface area contributed by atoms with Gasteiger partial charge in [-0.05, 0) is 36.4 Å². The van der Waals surface area contributed by atoms with Crippen molar-refractivity contribution in [3.05, 3.63) is 91.0 Å². The highest BCUT2D eigenvalue weighted by Crippen LogP contribution is 2.30. The van der Waals surface area contributed by atoms with E-state index in [9.17, 15) is 4.39 Å². The van der Waals surface area contributed by atoms with E-state index >= 15 is 0 Å². The summed E-state index contributed by atoms with van der Waals surface area (Å²) in [5, 5.41) is 0. The van der Waals surface area contributed by atoms with Gasteiger partial charge in [-0.3, -0.25) is 0 Å². The van der Waals surface area contributed by atoms with E-state index in [0.717, 1.165) is 0 Å². The molecule has 3 aromatic rings. The Morgan fingerprint density at radius 2 is 0.920 bits per heavy atom. The lowest BCUT2D eigenvalue weighted by Gasteiger charge is -2.07. The molecule has 25 heavy (non-hydrogen) atoms. The topological polar surface area (TPSA) is 57.2 Å². The fraction of sp³-hybridized carbons (Fsp3) is 0.0526. The van der Waals surface area contributed by atoms with Gasteiger partial charge in [-0.2, -0.15) is 0 Å². The van der Waals surface area contributed by atoms with Crippen LogP contribution in [-0.4, -0.2) is 19.0 Å². The lowest BCUT2D eigenvalue weighted by Crippen LogP contribution is -2.04. The summed E-state index contributed by atoms with van der Waals surface area (Å²) in [6.07, 6.45) is 0. The van der Waals surface area contributed by atoms with Gasteiger partial charge in [-0.1, -0.05) is 54.6 Å². The Bertz CT molecular complexity index is 761. The minimum atomic E-state index is -4.58. The number of halogens is 1. The van der Waals surface area contributed by atoms with Crippen LogP contribution in [0.4, 0.5) is 4.39 Å². The van der Waals surface area contributed by atoms with Crippen molar-refractivity contribution in [2.75, 3.05) is 6.01 Å². The molecular formula is C19H17FO3S2. The van der Waals surface area contributed by atoms with E-state index in [4.69, 9.17) is 13.0 Å². The molecule has 0 fully saturated rings. The standard InChI is InChI=1S/C18H15S.CH3FO3S/c1-4-10-16(11-5-1)19(17-12-6-2-7-13-17)18-14-8-3-9-15-18;2-1-6(3,4)5/h1-15H;1H2,(H,3,4,5)/q+1;/p-1. The van der Waals surface area contributed by atoms with Crippen LogP contribution in [0.25, 0.3) is 0 Å². The van der Waals surface area contributed by atoms with Crippen molar-refractivity contribution in [3.63, 3.8) is 0 Å². The van der Waals surface area contributed by atoms with Crippen LogP contribution in [0.5, 0.6) is 0 Å². The zero-order valence-electron chi connectivity index (χ0n) is 13.3. The van der Waals surface area contributed by atoms with Gasteiger partial charge in [0.1, 0.15) is 10.1 Å². The summed E-state index contributed by atoms with van der Waals surface area (Å²) in [6.45, 7) is 0. The van der Waals surface area contributed by atoms with Crippen LogP contribution in [0, 0.1) is 0 Å². The number of hydrogen-bond donors (Lipinski definition) is 0. The van der Waals surface area contributed by atoms with Crippen LogP contribution in [-0.2, 0) is 21.0 Å². The summed E-state index contributed by atoms with van der Waals surface area (Å²) in [7, 11) is -4.59. The maximum atomic E-state index is 10.6. The van der Waals surface area contributed by atoms with Gasteiger partial charge in [-0.25, -0.2) is 12.8 Å². The van der Waals surface area contributed by atoms with Crippen LogP contribution < -0.4 is 0 Å². The molecule has 3 rings (SSSR count). The van der Waals surface area contributed by atoms with Crippen LogP contribution in [0.15, 0.2) is 106 Å². The Hall–Kier alpha value is -2.15. The van der Waals surface area contributed by atoms with Crippen molar-refractivity contribution in [2.45, 2.75) is 14.7 Å². The second kappa shape index (κ2) is 9.36. The van der Waals surface area contributed by atoms with Crippen molar-refractivity contribution >= 4 is 21.0 Å². The Morgan fingerprint density at radius 3 is 1.12 bits per heavy atom. The summed E-state index contributed by atoms with van der Waals surface area (Å²) < 4.78 is 37.8. The van der Waals surface area contributed by atoms with Gasteiger partial charge in [0.15, 0.2) is 20.7 Å². The molecule has 0 aliphatic heterocycles. The molecule has 0 amide bonds. The Labute approximate surface area is 150 Å². The van der Waals surface area contributed by atoms with E-state index in [1.807, 2.05) is 0 Å². The van der Waals surface area contributed by atoms with Crippen molar-refractivity contribution < 1.29 is 17.4 Å². The predicted octanol–water partition coefficient (Wildman–Crippen LogP) is 4.24. The summed E-state index contributed by atoms with van der Waals surface area (Å²) in [6, 6.07) is 30.3. The molecular weight excluding hydrogens is 359 g/mol. The van der Waals surface area contributed by atoms with Crippen LogP contribution >= 0.6 is 0 Å². The van der Waals surface area contributed by atoms with Gasteiger partial charge in [-0.15, -0.1) is 0 Å². The molecule has 0 aliphatic rings. The summed E-state index contributed by atoms with van der Waals surface area (Å²) >= 11 is 0. The predicted molar refractivity (Wildman–Crippen MR) is 97.2 cm³/mol. The second-order valence-electron chi connectivity index (χ2n) is 4.91. The van der Waals surface area contributed by atoms with Gasteiger partial charge >= 0.3 is 0 Å². The van der Waals surface area contributed by atoms with Gasteiger partial charge < -0.3 is 4.55 Å². The zero-order chi connectivity index (χ0) is 18.1. The van der Waals surface area contributed by atoms with E-state index in [-0.39, 0.29) is 10.9 Å². The smallest absolute Gasteiger partial charge is 0.179 e. The molecule has 0 saturated heterocycles. The highest BCUT2D eigenvalue weighted by molar-refractivity contribution is 7.97. The van der Waals surface area contributed by atoms with Gasteiger partial charge in [0.25, 0.3) is 0 Å². The highest BCUT2D eigenvalue weighted by Gasteiger charge is 2.27. The van der Waals surface area contributed by atoms with Crippen LogP contribution in [0.3, 0.4) is 0 Å². The molecule has 0 bridgehead atoms. The number of benzene rings is 3. The lowest BCUT2D eigenvalue weighted by molar-refractivity contribution is 0.431. The fourth-order valence-electron chi connectivity index (χ4n) is 2.08. The molecule has 3 aromatic carbocycles. The van der Waals surface area contributed by atoms with Crippen molar-refractivity contribution in [3.8, 4) is 0 Å². The third kappa shape index (κ3) is 6.34. The van der Waals surface area contributed by atoms with E-state index in [0.29, 0.717) is 0 Å². The first kappa shape index (κ1) is 19.2. The van der Waals surface area contributed by atoms with Crippen LogP contribution in [0.1, 0.15) is 0 Å². The summed E-state index contributed by atoms with van der Waals surface area (Å²) in [4.78, 5) is 4.08. The zero-order valence-corrected chi connectivity index (χ0v) is 14.9. The SMILES string of the molecule is O=S(=O)([O-])CF.c1ccc([S+](c2ccccc2)c2ccccc2)cc1. The normalized spacial score (nSPS) is 10.8. The minimum absolute atomic E-state index is 0.0146. The van der Waals surface area contributed by atoms with Gasteiger partial charge in [0.05, 0.1) is 10.9 Å². The summed E-state index contributed by atoms with van der Waals surface area (Å²) in [5.74, 6) is 0. The monoisotopic (exact) mass is 376 g/mol. The first-order valence-corrected chi connectivity index (χ1v) is 10.2. The van der Waals surface area contributed by atoms with Crippen LogP contribution in [0.2, 0.25) is 0 Å². The Morgan fingerprint density at radius 1 is 0.680 bits per heavy atom. The molecule has 0 aliphatic carbocycles. The summed E-state index contributed by atoms with van der Waals surface area (Å²) in [5.41, 5.74) is 0. The molecule has 0 atom stereocenters. The maximum absolute atomic E-state index is 10.6. The molecule has 0 radical (unpaired) electrons. The second-order valence-corrected chi connectivity index (χ2v) is 8.27. The molecule has 0 heterocycles. The lowest BCUT2D eigenvalue weighted by atomic mass is 10.4. The van der Waals surface area contributed by atoms with E-state index in [1.54, 1.807) is 0 Å². The number of alkyl halides is 1. The molecule has 0 aromatic heterocycles. The fourth-order valence-corrected chi connectivity index (χ4v) is 4.18. The van der Waals surface area contributed by atoms with Crippen molar-refractivity contribution in [1.29, 1.82) is 0 Å².